The highest BCUT2D eigenvalue weighted by Crippen LogP contribution is 2.30. The Bertz CT molecular complexity index is 2030. The van der Waals surface area contributed by atoms with Crippen LogP contribution in [0.2, 0.25) is 0 Å². The van der Waals surface area contributed by atoms with Crippen molar-refractivity contribution in [1.82, 2.24) is 41.5 Å². The van der Waals surface area contributed by atoms with E-state index in [4.69, 9.17) is 4.74 Å². The summed E-state index contributed by atoms with van der Waals surface area (Å²) in [6, 6.07) is 20.8. The average molecular weight is 806 g/mol. The highest BCUT2D eigenvalue weighted by Gasteiger charge is 2.31. The molecule has 14 nitrogen and oxygen atoms in total. The third kappa shape index (κ3) is 12.4. The lowest BCUT2D eigenvalue weighted by Crippen LogP contribution is -2.48. The van der Waals surface area contributed by atoms with Gasteiger partial charge in [0.2, 0.25) is 17.6 Å². The quantitative estimate of drug-likeness (QED) is 0.102. The summed E-state index contributed by atoms with van der Waals surface area (Å²) in [7, 11) is 4.23. The first kappa shape index (κ1) is 43.0. The van der Waals surface area contributed by atoms with Gasteiger partial charge in [-0.2, -0.15) is 5.21 Å². The molecule has 1 atom stereocenters. The van der Waals surface area contributed by atoms with Crippen LogP contribution in [0.15, 0.2) is 66.7 Å². The number of carbonyl (C=O) groups is 4. The lowest BCUT2D eigenvalue weighted by Gasteiger charge is -2.33. The molecule has 1 aromatic heterocycles. The van der Waals surface area contributed by atoms with E-state index in [0.717, 1.165) is 66.3 Å². The summed E-state index contributed by atoms with van der Waals surface area (Å²) in [5.41, 5.74) is 5.11. The molecule has 3 aromatic carbocycles. The molecule has 2 saturated carbocycles. The average Bonchev–Trinajstić information content (AvgIpc) is 3.75. The van der Waals surface area contributed by atoms with Crippen molar-refractivity contribution in [3.63, 3.8) is 0 Å². The van der Waals surface area contributed by atoms with Crippen molar-refractivity contribution in [2.24, 2.45) is 11.8 Å². The second kappa shape index (κ2) is 19.4. The summed E-state index contributed by atoms with van der Waals surface area (Å²) in [6.45, 7) is 7.97. The van der Waals surface area contributed by atoms with Crippen LogP contribution in [0.25, 0.3) is 22.5 Å². The molecule has 2 fully saturated rings. The fourth-order valence-electron chi connectivity index (χ4n) is 8.04. The molecule has 2 aliphatic carbocycles. The van der Waals surface area contributed by atoms with Gasteiger partial charge in [-0.3, -0.25) is 14.4 Å². The molecule has 4 aromatic rings. The van der Waals surface area contributed by atoms with E-state index in [9.17, 15) is 19.2 Å². The summed E-state index contributed by atoms with van der Waals surface area (Å²) in [5, 5.41) is 26.2. The van der Waals surface area contributed by atoms with Crippen LogP contribution >= 0.6 is 0 Å². The number of anilines is 1. The highest BCUT2D eigenvalue weighted by atomic mass is 16.6. The van der Waals surface area contributed by atoms with Crippen LogP contribution in [0.3, 0.4) is 0 Å². The number of H-pyrrole nitrogens is 1. The van der Waals surface area contributed by atoms with Gasteiger partial charge in [-0.1, -0.05) is 30.3 Å². The topological polar surface area (TPSA) is 183 Å². The predicted octanol–water partition coefficient (Wildman–Crippen LogP) is 6.44. The summed E-state index contributed by atoms with van der Waals surface area (Å²) < 4.78 is 5.37. The maximum atomic E-state index is 13.9. The Hall–Kier alpha value is -5.63. The van der Waals surface area contributed by atoms with Crippen LogP contribution in [0.4, 0.5) is 10.5 Å². The van der Waals surface area contributed by atoms with Gasteiger partial charge in [0.1, 0.15) is 11.6 Å². The Kier molecular flexibility index (Phi) is 14.1. The Labute approximate surface area is 347 Å². The van der Waals surface area contributed by atoms with Crippen molar-refractivity contribution in [3.8, 4) is 22.5 Å². The molecule has 4 amide bonds. The number of carbonyl (C=O) groups excluding carboxylic acids is 4. The number of hydrogen-bond donors (Lipinski definition) is 5. The van der Waals surface area contributed by atoms with Crippen molar-refractivity contribution in [3.05, 3.63) is 83.4 Å². The number of aromatic nitrogens is 4. The predicted molar refractivity (Wildman–Crippen MR) is 227 cm³/mol. The van der Waals surface area contributed by atoms with E-state index in [1.165, 1.54) is 0 Å². The minimum Gasteiger partial charge on any atom is -0.444 e. The Morgan fingerprint density at radius 3 is 2.15 bits per heavy atom. The van der Waals surface area contributed by atoms with Crippen molar-refractivity contribution in [2.75, 3.05) is 26.0 Å². The number of benzene rings is 3. The maximum absolute atomic E-state index is 13.9. The van der Waals surface area contributed by atoms with Crippen LogP contribution in [-0.4, -0.2) is 93.7 Å². The minimum atomic E-state index is -0.848. The molecule has 0 unspecified atom stereocenters. The third-order valence-electron chi connectivity index (χ3n) is 11.4. The number of amides is 4. The lowest BCUT2D eigenvalue weighted by atomic mass is 9.81. The van der Waals surface area contributed by atoms with Crippen LogP contribution in [-0.2, 0) is 20.7 Å². The molecule has 0 radical (unpaired) electrons. The van der Waals surface area contributed by atoms with E-state index in [2.05, 4.69) is 67.0 Å². The molecular formula is C45H59N9O5. The van der Waals surface area contributed by atoms with Crippen LogP contribution in [0.1, 0.15) is 93.6 Å². The zero-order valence-corrected chi connectivity index (χ0v) is 35.1. The zero-order valence-electron chi connectivity index (χ0n) is 35.1. The van der Waals surface area contributed by atoms with Crippen LogP contribution in [0.5, 0.6) is 0 Å². The Morgan fingerprint density at radius 2 is 1.53 bits per heavy atom. The third-order valence-corrected chi connectivity index (χ3v) is 11.4. The van der Waals surface area contributed by atoms with Gasteiger partial charge in [0, 0.05) is 47.8 Å². The van der Waals surface area contributed by atoms with Crippen molar-refractivity contribution in [2.45, 2.75) is 109 Å². The highest BCUT2D eigenvalue weighted by molar-refractivity contribution is 5.98. The Balaban J connectivity index is 1.11. The number of aryl methyl sites for hydroxylation is 1. The molecule has 0 aliphatic heterocycles. The van der Waals surface area contributed by atoms with E-state index < -0.39 is 17.7 Å². The molecular weight excluding hydrogens is 747 g/mol. The van der Waals surface area contributed by atoms with Gasteiger partial charge in [0.25, 0.3) is 5.91 Å². The number of ether oxygens (including phenoxy) is 1. The van der Waals surface area contributed by atoms with Crippen molar-refractivity contribution in [1.29, 1.82) is 0 Å². The zero-order chi connectivity index (χ0) is 42.1. The molecule has 59 heavy (non-hydrogen) atoms. The lowest BCUT2D eigenvalue weighted by molar-refractivity contribution is -0.130. The monoisotopic (exact) mass is 805 g/mol. The summed E-state index contributed by atoms with van der Waals surface area (Å²) in [4.78, 5) is 55.5. The van der Waals surface area contributed by atoms with Gasteiger partial charge >= 0.3 is 6.09 Å². The number of rotatable bonds is 13. The molecule has 6 rings (SSSR count). The van der Waals surface area contributed by atoms with Crippen LogP contribution < -0.4 is 21.3 Å². The minimum absolute atomic E-state index is 0.0557. The molecule has 314 valence electrons. The van der Waals surface area contributed by atoms with Gasteiger partial charge < -0.3 is 30.9 Å². The molecule has 5 N–H and O–H groups in total. The fourth-order valence-corrected chi connectivity index (χ4v) is 8.04. The van der Waals surface area contributed by atoms with E-state index in [0.29, 0.717) is 42.5 Å². The largest absolute Gasteiger partial charge is 0.444 e. The van der Waals surface area contributed by atoms with E-state index in [1.807, 2.05) is 64.1 Å². The smallest absolute Gasteiger partial charge is 0.407 e. The number of nitrogens with one attached hydrogen (secondary N) is 5. The SMILES string of the molecule is Cc1cc(C(=O)NC2CCC(N(C)C)CC2)cc(-c2ccc(C[C@H](NC(=O)C3CCC(CNC(=O)OC(C)(C)C)CC3)C(=O)Nc3ccc(-c4nn[nH]n4)cc3)cc2)c1. The first-order valence-corrected chi connectivity index (χ1v) is 20.8. The molecule has 14 heteroatoms. The van der Waals surface area contributed by atoms with Gasteiger partial charge in [-0.15, -0.1) is 10.2 Å². The molecule has 1 heterocycles. The van der Waals surface area contributed by atoms with Gasteiger partial charge in [-0.05, 0) is 163 Å². The summed E-state index contributed by atoms with van der Waals surface area (Å²) in [5.74, 6) is -0.125. The van der Waals surface area contributed by atoms with E-state index in [1.54, 1.807) is 24.3 Å². The number of nitrogens with zero attached hydrogens (tertiary/aromatic N) is 4. The number of aromatic amines is 1. The number of tetrazole rings is 1. The first-order chi connectivity index (χ1) is 28.2. The standard InChI is InChI=1S/C45H59N9O5/c1-28-23-34(26-35(24-28)42(56)47-37-19-21-38(22-20-37)54(5)6)31-11-7-29(8-12-31)25-39(43(57)48-36-17-15-32(16-18-36)40-50-52-53-51-40)49-41(55)33-13-9-30(10-14-33)27-46-44(58)59-45(2,3)4/h7-8,11-12,15-18,23-24,26,30,33,37-39H,9-10,13-14,19-22,25,27H2,1-6H3,(H,46,58)(H,47,56)(H,48,57)(H,49,55)(H,50,51,52,53)/t30?,33?,37?,38?,39-/m0/s1. The second-order valence-corrected chi connectivity index (χ2v) is 17.4. The normalized spacial score (nSPS) is 20.0. The van der Waals surface area contributed by atoms with Crippen molar-refractivity contribution < 1.29 is 23.9 Å². The molecule has 0 spiro atoms. The Morgan fingerprint density at radius 1 is 0.847 bits per heavy atom. The van der Waals surface area contributed by atoms with Gasteiger partial charge in [0.15, 0.2) is 0 Å². The molecule has 0 bridgehead atoms. The maximum Gasteiger partial charge on any atom is 0.407 e. The summed E-state index contributed by atoms with van der Waals surface area (Å²) in [6.07, 6.45) is 6.77. The fraction of sp³-hybridized carbons (Fsp3) is 0.489. The van der Waals surface area contributed by atoms with Crippen molar-refractivity contribution >= 4 is 29.5 Å². The first-order valence-electron chi connectivity index (χ1n) is 20.8. The van der Waals surface area contributed by atoms with E-state index in [-0.39, 0.29) is 42.0 Å². The van der Waals surface area contributed by atoms with Gasteiger partial charge in [0.05, 0.1) is 0 Å². The second-order valence-electron chi connectivity index (χ2n) is 17.4. The van der Waals surface area contributed by atoms with Gasteiger partial charge in [-0.25, -0.2) is 4.79 Å². The number of alkyl carbamates (subject to hydrolysis) is 1. The summed E-state index contributed by atoms with van der Waals surface area (Å²) >= 11 is 0. The number of hydrogen-bond acceptors (Lipinski definition) is 9. The van der Waals surface area contributed by atoms with E-state index >= 15 is 0 Å². The van der Waals surface area contributed by atoms with Crippen LogP contribution in [0, 0.1) is 18.8 Å². The molecule has 0 saturated heterocycles. The molecule has 2 aliphatic rings.